The molecule has 3 aromatic rings. The fourth-order valence-corrected chi connectivity index (χ4v) is 4.91. The van der Waals surface area contributed by atoms with E-state index < -0.39 is 17.9 Å². The molecule has 0 spiro atoms. The second kappa shape index (κ2) is 9.66. The van der Waals surface area contributed by atoms with E-state index in [1.165, 1.54) is 7.11 Å². The van der Waals surface area contributed by atoms with Crippen LogP contribution in [-0.2, 0) is 20.9 Å². The molecule has 6 heteroatoms. The summed E-state index contributed by atoms with van der Waals surface area (Å²) in [6.45, 7) is 2.36. The largest absolute Gasteiger partial charge is 0.489 e. The third kappa shape index (κ3) is 4.52. The molecule has 35 heavy (non-hydrogen) atoms. The summed E-state index contributed by atoms with van der Waals surface area (Å²) in [4.78, 5) is 26.3. The molecule has 1 aliphatic heterocycles. The molecule has 2 N–H and O–H groups in total. The lowest BCUT2D eigenvalue weighted by molar-refractivity contribution is -0.151. The Kier molecular flexibility index (Phi) is 6.27. The number of benzene rings is 3. The van der Waals surface area contributed by atoms with Crippen molar-refractivity contribution in [3.63, 3.8) is 0 Å². The molecule has 0 fully saturated rings. The van der Waals surface area contributed by atoms with Crippen LogP contribution in [0.4, 0.5) is 11.4 Å². The van der Waals surface area contributed by atoms with Crippen LogP contribution in [0, 0.1) is 11.8 Å². The molecule has 1 heterocycles. The minimum absolute atomic E-state index is 0.173. The van der Waals surface area contributed by atoms with Crippen LogP contribution in [0.3, 0.4) is 0 Å². The maximum Gasteiger partial charge on any atom is 0.316 e. The molecule has 0 saturated carbocycles. The Labute approximate surface area is 205 Å². The molecular weight excluding hydrogens is 440 g/mol. The van der Waals surface area contributed by atoms with Crippen molar-refractivity contribution >= 4 is 23.1 Å². The van der Waals surface area contributed by atoms with Gasteiger partial charge in [0.2, 0.25) is 0 Å². The second-order valence-electron chi connectivity index (χ2n) is 9.03. The first-order valence-electron chi connectivity index (χ1n) is 11.8. The summed E-state index contributed by atoms with van der Waals surface area (Å²) in [5, 5.41) is 7.02. The van der Waals surface area contributed by atoms with Crippen molar-refractivity contribution in [1.29, 1.82) is 0 Å². The minimum atomic E-state index is -0.830. The lowest BCUT2D eigenvalue weighted by Crippen LogP contribution is -2.39. The number of anilines is 2. The number of fused-ring (bicyclic) bond motifs is 1. The number of Topliss-reactive ketones (excluding diaryl/α,β-unsaturated/α-hetero) is 1. The summed E-state index contributed by atoms with van der Waals surface area (Å²) < 4.78 is 11.1. The third-order valence-corrected chi connectivity index (χ3v) is 6.66. The Bertz CT molecular complexity index is 1280. The van der Waals surface area contributed by atoms with E-state index in [2.05, 4.69) is 10.6 Å². The van der Waals surface area contributed by atoms with Crippen molar-refractivity contribution in [1.82, 2.24) is 0 Å². The van der Waals surface area contributed by atoms with Crippen LogP contribution in [0.2, 0.25) is 0 Å². The molecular formula is C29H28N2O4. The number of hydrogen-bond donors (Lipinski definition) is 2. The average molecular weight is 469 g/mol. The number of ketones is 1. The van der Waals surface area contributed by atoms with Gasteiger partial charge in [-0.15, -0.1) is 0 Å². The van der Waals surface area contributed by atoms with Crippen molar-refractivity contribution in [2.75, 3.05) is 17.7 Å². The summed E-state index contributed by atoms with van der Waals surface area (Å²) in [5.41, 5.74) is 5.14. The van der Waals surface area contributed by atoms with E-state index in [-0.39, 0.29) is 11.7 Å². The highest BCUT2D eigenvalue weighted by molar-refractivity contribution is 6.11. The van der Waals surface area contributed by atoms with E-state index >= 15 is 0 Å². The lowest BCUT2D eigenvalue weighted by Gasteiger charge is -2.32. The van der Waals surface area contributed by atoms with E-state index in [9.17, 15) is 9.59 Å². The summed E-state index contributed by atoms with van der Waals surface area (Å²) in [7, 11) is 1.33. The quantitative estimate of drug-likeness (QED) is 0.381. The molecule has 178 valence electrons. The molecule has 0 radical (unpaired) electrons. The van der Waals surface area contributed by atoms with Gasteiger partial charge in [-0.2, -0.15) is 0 Å². The third-order valence-electron chi connectivity index (χ3n) is 6.66. The first kappa shape index (κ1) is 22.7. The van der Waals surface area contributed by atoms with Crippen molar-refractivity contribution in [2.24, 2.45) is 11.8 Å². The van der Waals surface area contributed by atoms with Gasteiger partial charge >= 0.3 is 5.97 Å². The van der Waals surface area contributed by atoms with Crippen molar-refractivity contribution in [3.05, 3.63) is 101 Å². The van der Waals surface area contributed by atoms with Crippen molar-refractivity contribution in [3.8, 4) is 5.75 Å². The maximum atomic E-state index is 13.8. The zero-order valence-electron chi connectivity index (χ0n) is 19.8. The lowest BCUT2D eigenvalue weighted by atomic mass is 9.75. The number of ether oxygens (including phenoxy) is 2. The SMILES string of the molecule is COC(=O)[C@H]1C(=O)C2=C(C[C@H]1C)Nc1ccccc1N[C@@H]2c1cccc(OCc2ccccc2)c1. The van der Waals surface area contributed by atoms with Crippen LogP contribution in [0.1, 0.15) is 30.5 Å². The number of methoxy groups -OCH3 is 1. The first-order valence-corrected chi connectivity index (χ1v) is 11.8. The molecule has 2 aliphatic rings. The smallest absolute Gasteiger partial charge is 0.316 e. The zero-order chi connectivity index (χ0) is 24.4. The van der Waals surface area contributed by atoms with Gasteiger partial charge < -0.3 is 20.1 Å². The number of esters is 1. The van der Waals surface area contributed by atoms with Gasteiger partial charge in [-0.05, 0) is 47.7 Å². The van der Waals surface area contributed by atoms with Gasteiger partial charge in [-0.3, -0.25) is 9.59 Å². The highest BCUT2D eigenvalue weighted by Crippen LogP contribution is 2.44. The number of rotatable bonds is 5. The number of allylic oxidation sites excluding steroid dienone is 1. The summed E-state index contributed by atoms with van der Waals surface area (Å²) >= 11 is 0. The van der Waals surface area contributed by atoms with Gasteiger partial charge in [-0.25, -0.2) is 0 Å². The van der Waals surface area contributed by atoms with Gasteiger partial charge in [0.15, 0.2) is 5.78 Å². The fraction of sp³-hybridized carbons (Fsp3) is 0.241. The molecule has 0 bridgehead atoms. The molecule has 1 aliphatic carbocycles. The van der Waals surface area contributed by atoms with Crippen LogP contribution >= 0.6 is 0 Å². The fourth-order valence-electron chi connectivity index (χ4n) is 4.91. The summed E-state index contributed by atoms with van der Waals surface area (Å²) in [6, 6.07) is 25.2. The Morgan fingerprint density at radius 1 is 0.971 bits per heavy atom. The van der Waals surface area contributed by atoms with E-state index in [1.54, 1.807) is 0 Å². The van der Waals surface area contributed by atoms with Crippen LogP contribution in [-0.4, -0.2) is 18.9 Å². The van der Waals surface area contributed by atoms with Gasteiger partial charge in [0.25, 0.3) is 0 Å². The van der Waals surface area contributed by atoms with Gasteiger partial charge in [0.05, 0.1) is 24.5 Å². The molecule has 3 aromatic carbocycles. The highest BCUT2D eigenvalue weighted by atomic mass is 16.5. The normalized spacial score (nSPS) is 21.1. The minimum Gasteiger partial charge on any atom is -0.489 e. The van der Waals surface area contributed by atoms with Gasteiger partial charge in [0.1, 0.15) is 18.3 Å². The number of nitrogens with one attached hydrogen (secondary N) is 2. The van der Waals surface area contributed by atoms with E-state index in [1.807, 2.05) is 85.8 Å². The molecule has 6 nitrogen and oxygen atoms in total. The maximum absolute atomic E-state index is 13.8. The van der Waals surface area contributed by atoms with Crippen LogP contribution in [0.5, 0.6) is 5.75 Å². The standard InChI is InChI=1S/C29H28N2O4/c1-18-15-24-26(28(32)25(18)29(33)34-2)27(31-23-14-7-6-13-22(23)30-24)20-11-8-12-21(16-20)35-17-19-9-4-3-5-10-19/h3-14,16,18,25,27,30-31H,15,17H2,1-2H3/t18-,25-,27-/m1/s1. The van der Waals surface area contributed by atoms with Gasteiger partial charge in [0, 0.05) is 11.3 Å². The van der Waals surface area contributed by atoms with Gasteiger partial charge in [-0.1, -0.05) is 61.5 Å². The van der Waals surface area contributed by atoms with Crippen LogP contribution < -0.4 is 15.4 Å². The van der Waals surface area contributed by atoms with E-state index in [0.29, 0.717) is 24.4 Å². The Morgan fingerprint density at radius 3 is 2.49 bits per heavy atom. The number of para-hydroxylation sites is 2. The first-order chi connectivity index (χ1) is 17.0. The molecule has 3 atom stereocenters. The summed E-state index contributed by atoms with van der Waals surface area (Å²) in [5.74, 6) is -0.994. The zero-order valence-corrected chi connectivity index (χ0v) is 19.8. The number of carbonyl (C=O) groups is 2. The predicted molar refractivity (Wildman–Crippen MR) is 135 cm³/mol. The average Bonchev–Trinajstić information content (AvgIpc) is 3.05. The second-order valence-corrected chi connectivity index (χ2v) is 9.03. The molecule has 5 rings (SSSR count). The molecule has 0 amide bonds. The Balaban J connectivity index is 1.54. The van der Waals surface area contributed by atoms with Crippen molar-refractivity contribution < 1.29 is 19.1 Å². The topological polar surface area (TPSA) is 76.7 Å². The predicted octanol–water partition coefficient (Wildman–Crippen LogP) is 5.50. The highest BCUT2D eigenvalue weighted by Gasteiger charge is 2.44. The number of carbonyl (C=O) groups excluding carboxylic acids is 2. The molecule has 0 saturated heterocycles. The van der Waals surface area contributed by atoms with Crippen LogP contribution in [0.15, 0.2) is 90.1 Å². The monoisotopic (exact) mass is 468 g/mol. The Hall–Kier alpha value is -4.06. The van der Waals surface area contributed by atoms with E-state index in [4.69, 9.17) is 9.47 Å². The Morgan fingerprint density at radius 2 is 1.71 bits per heavy atom. The molecule has 0 unspecified atom stereocenters. The number of hydrogen-bond acceptors (Lipinski definition) is 6. The summed E-state index contributed by atoms with van der Waals surface area (Å²) in [6.07, 6.45) is 0.567. The van der Waals surface area contributed by atoms with E-state index in [0.717, 1.165) is 28.2 Å². The van der Waals surface area contributed by atoms with Crippen molar-refractivity contribution in [2.45, 2.75) is 26.0 Å². The molecule has 0 aromatic heterocycles. The van der Waals surface area contributed by atoms with Crippen LogP contribution in [0.25, 0.3) is 0 Å².